The van der Waals surface area contributed by atoms with E-state index in [9.17, 15) is 5.11 Å². The monoisotopic (exact) mass is 302 g/mol. The second-order valence-electron chi connectivity index (χ2n) is 6.30. The molecule has 118 valence electrons. The fraction of sp³-hybridized carbons (Fsp3) is 0.600. The van der Waals surface area contributed by atoms with Crippen molar-refractivity contribution in [2.45, 2.75) is 38.1 Å². The number of rotatable bonds is 3. The molecule has 0 saturated carbocycles. The Balaban J connectivity index is 1.62. The minimum absolute atomic E-state index is 0.551. The Morgan fingerprint density at radius 2 is 2.27 bits per heavy atom. The lowest BCUT2D eigenvalue weighted by Crippen LogP contribution is -2.36. The second-order valence-corrected chi connectivity index (χ2v) is 6.30. The van der Waals surface area contributed by atoms with Crippen molar-refractivity contribution in [1.82, 2.24) is 30.0 Å². The molecule has 0 bridgehead atoms. The Morgan fingerprint density at radius 1 is 1.32 bits per heavy atom. The van der Waals surface area contributed by atoms with E-state index in [0.29, 0.717) is 13.1 Å². The Kier molecular flexibility index (Phi) is 3.48. The zero-order chi connectivity index (χ0) is 15.0. The van der Waals surface area contributed by atoms with Crippen LogP contribution in [0.4, 0.5) is 0 Å². The van der Waals surface area contributed by atoms with Crippen LogP contribution in [-0.2, 0) is 19.6 Å². The molecular weight excluding hydrogens is 280 g/mol. The first kappa shape index (κ1) is 13.9. The fourth-order valence-electron chi connectivity index (χ4n) is 3.32. The smallest absolute Gasteiger partial charge is 0.160 e. The minimum Gasteiger partial charge on any atom is -0.387 e. The zero-order valence-electron chi connectivity index (χ0n) is 12.6. The molecule has 2 aromatic heterocycles. The minimum atomic E-state index is -0.687. The molecule has 0 aromatic carbocycles. The first-order valence-corrected chi connectivity index (χ1v) is 7.96. The van der Waals surface area contributed by atoms with Crippen molar-refractivity contribution in [3.63, 3.8) is 0 Å². The van der Waals surface area contributed by atoms with Gasteiger partial charge in [-0.1, -0.05) is 0 Å². The topological polar surface area (TPSA) is 79.9 Å². The molecule has 1 atom stereocenters. The molecule has 2 aliphatic heterocycles. The van der Waals surface area contributed by atoms with Crippen LogP contribution in [0.1, 0.15) is 18.5 Å². The number of aromatic nitrogens is 4. The van der Waals surface area contributed by atoms with Gasteiger partial charge in [-0.15, -0.1) is 0 Å². The van der Waals surface area contributed by atoms with Gasteiger partial charge in [0.25, 0.3) is 0 Å². The van der Waals surface area contributed by atoms with Crippen LogP contribution in [0, 0.1) is 0 Å². The molecule has 2 aliphatic rings. The van der Waals surface area contributed by atoms with Gasteiger partial charge in [-0.25, -0.2) is 4.98 Å². The Hall–Kier alpha value is -1.70. The molecule has 7 heteroatoms. The summed E-state index contributed by atoms with van der Waals surface area (Å²) in [4.78, 5) is 4.46. The number of fused-ring (bicyclic) bond motifs is 1. The van der Waals surface area contributed by atoms with E-state index < -0.39 is 5.60 Å². The molecule has 3 N–H and O–H groups in total. The van der Waals surface area contributed by atoms with Crippen molar-refractivity contribution in [3.8, 4) is 11.5 Å². The van der Waals surface area contributed by atoms with Crippen LogP contribution in [0.25, 0.3) is 11.5 Å². The van der Waals surface area contributed by atoms with Crippen LogP contribution in [0.5, 0.6) is 0 Å². The lowest BCUT2D eigenvalue weighted by Gasteiger charge is -2.22. The maximum Gasteiger partial charge on any atom is 0.160 e. The van der Waals surface area contributed by atoms with Gasteiger partial charge in [0.05, 0.1) is 17.8 Å². The summed E-state index contributed by atoms with van der Waals surface area (Å²) in [6.07, 6.45) is 5.57. The molecule has 0 aliphatic carbocycles. The van der Waals surface area contributed by atoms with Crippen LogP contribution in [0.2, 0.25) is 0 Å². The molecular formula is C15H22N6O. The van der Waals surface area contributed by atoms with Gasteiger partial charge in [0, 0.05) is 32.0 Å². The Labute approximate surface area is 129 Å². The largest absolute Gasteiger partial charge is 0.387 e. The normalized spacial score (nSPS) is 25.1. The quantitative estimate of drug-likeness (QED) is 0.742. The van der Waals surface area contributed by atoms with Crippen LogP contribution >= 0.6 is 0 Å². The SMILES string of the molecule is OC1(Cn2ccnc2-c2cc3n(n2)CCCNC3)CCNC1. The van der Waals surface area contributed by atoms with Crippen molar-refractivity contribution in [1.29, 1.82) is 0 Å². The molecule has 1 saturated heterocycles. The number of nitrogens with zero attached hydrogens (tertiary/aromatic N) is 4. The maximum absolute atomic E-state index is 10.6. The molecule has 1 unspecified atom stereocenters. The molecule has 0 spiro atoms. The summed E-state index contributed by atoms with van der Waals surface area (Å²) in [5, 5.41) is 21.9. The van der Waals surface area contributed by atoms with E-state index in [1.807, 2.05) is 10.8 Å². The van der Waals surface area contributed by atoms with Crippen LogP contribution in [0.15, 0.2) is 18.5 Å². The summed E-state index contributed by atoms with van der Waals surface area (Å²) in [7, 11) is 0. The first-order valence-electron chi connectivity index (χ1n) is 7.96. The lowest BCUT2D eigenvalue weighted by molar-refractivity contribution is 0.0436. The summed E-state index contributed by atoms with van der Waals surface area (Å²) >= 11 is 0. The molecule has 0 radical (unpaired) electrons. The van der Waals surface area contributed by atoms with E-state index in [0.717, 1.165) is 50.5 Å². The Morgan fingerprint density at radius 3 is 3.14 bits per heavy atom. The van der Waals surface area contributed by atoms with E-state index in [2.05, 4.69) is 26.4 Å². The summed E-state index contributed by atoms with van der Waals surface area (Å²) in [5.41, 5.74) is 1.40. The summed E-state index contributed by atoms with van der Waals surface area (Å²) < 4.78 is 4.09. The van der Waals surface area contributed by atoms with Crippen LogP contribution in [0.3, 0.4) is 0 Å². The molecule has 2 aromatic rings. The van der Waals surface area contributed by atoms with Crippen molar-refractivity contribution < 1.29 is 5.11 Å². The van der Waals surface area contributed by atoms with Crippen LogP contribution < -0.4 is 10.6 Å². The third-order valence-electron chi connectivity index (χ3n) is 4.52. The summed E-state index contributed by atoms with van der Waals surface area (Å²) in [5.74, 6) is 0.834. The van der Waals surface area contributed by atoms with Gasteiger partial charge < -0.3 is 20.3 Å². The number of imidazole rings is 1. The molecule has 0 amide bonds. The number of aliphatic hydroxyl groups is 1. The van der Waals surface area contributed by atoms with Crippen molar-refractivity contribution in [3.05, 3.63) is 24.2 Å². The van der Waals surface area contributed by atoms with E-state index in [-0.39, 0.29) is 0 Å². The van der Waals surface area contributed by atoms with Gasteiger partial charge in [0.1, 0.15) is 5.69 Å². The van der Waals surface area contributed by atoms with Gasteiger partial charge in [-0.2, -0.15) is 5.10 Å². The summed E-state index contributed by atoms with van der Waals surface area (Å²) in [6, 6.07) is 2.11. The average molecular weight is 302 g/mol. The number of hydrogen-bond donors (Lipinski definition) is 3. The Bertz CT molecular complexity index is 631. The van der Waals surface area contributed by atoms with Crippen LogP contribution in [-0.4, -0.2) is 49.7 Å². The van der Waals surface area contributed by atoms with Gasteiger partial charge in [-0.05, 0) is 32.0 Å². The molecule has 1 fully saturated rings. The zero-order valence-corrected chi connectivity index (χ0v) is 12.6. The van der Waals surface area contributed by atoms with E-state index in [1.54, 1.807) is 6.20 Å². The number of β-amino-alcohol motifs (C(OH)–C–C–N with tert-alkyl or cyclic N) is 1. The predicted octanol–water partition coefficient (Wildman–Crippen LogP) is -0.0357. The predicted molar refractivity (Wildman–Crippen MR) is 82.2 cm³/mol. The van der Waals surface area contributed by atoms with Crippen molar-refractivity contribution in [2.75, 3.05) is 19.6 Å². The first-order chi connectivity index (χ1) is 10.7. The molecule has 4 heterocycles. The van der Waals surface area contributed by atoms with Crippen molar-refractivity contribution >= 4 is 0 Å². The van der Waals surface area contributed by atoms with E-state index in [4.69, 9.17) is 5.10 Å². The number of aryl methyl sites for hydroxylation is 1. The van der Waals surface area contributed by atoms with Gasteiger partial charge in [0.2, 0.25) is 0 Å². The standard InChI is InChI=1S/C15H22N6O/c22-15(2-4-17-10-15)11-20-7-5-18-14(20)13-8-12-9-16-3-1-6-21(12)19-13/h5,7-8,16-17,22H,1-4,6,9-11H2. The maximum atomic E-state index is 10.6. The highest BCUT2D eigenvalue weighted by atomic mass is 16.3. The number of hydrogen-bond acceptors (Lipinski definition) is 5. The van der Waals surface area contributed by atoms with Gasteiger partial charge >= 0.3 is 0 Å². The highest BCUT2D eigenvalue weighted by molar-refractivity contribution is 5.50. The van der Waals surface area contributed by atoms with Crippen molar-refractivity contribution in [2.24, 2.45) is 0 Å². The van der Waals surface area contributed by atoms with Gasteiger partial charge in [0.15, 0.2) is 5.82 Å². The fourth-order valence-corrected chi connectivity index (χ4v) is 3.32. The molecule has 4 rings (SSSR count). The average Bonchev–Trinajstić information content (AvgIpc) is 3.18. The third-order valence-corrected chi connectivity index (χ3v) is 4.52. The molecule has 22 heavy (non-hydrogen) atoms. The second kappa shape index (κ2) is 5.49. The molecule has 7 nitrogen and oxygen atoms in total. The highest BCUT2D eigenvalue weighted by Crippen LogP contribution is 2.23. The van der Waals surface area contributed by atoms with Gasteiger partial charge in [-0.3, -0.25) is 4.68 Å². The van der Waals surface area contributed by atoms with E-state index in [1.165, 1.54) is 5.69 Å². The summed E-state index contributed by atoms with van der Waals surface area (Å²) in [6.45, 7) is 4.88. The lowest BCUT2D eigenvalue weighted by atomic mass is 10.0. The number of nitrogens with one attached hydrogen (secondary N) is 2. The van der Waals surface area contributed by atoms with E-state index >= 15 is 0 Å². The highest BCUT2D eigenvalue weighted by Gasteiger charge is 2.32. The third kappa shape index (κ3) is 2.55.